The molecule has 0 spiro atoms. The van der Waals surface area contributed by atoms with Crippen LogP contribution in [-0.4, -0.2) is 17.4 Å². The second-order valence-corrected chi connectivity index (χ2v) is 4.31. The Kier molecular flexibility index (Phi) is 2.27. The third-order valence-electron chi connectivity index (χ3n) is 3.36. The van der Waals surface area contributed by atoms with Crippen molar-refractivity contribution in [2.45, 2.75) is 5.92 Å². The molecule has 88 valence electrons. The topological polar surface area (TPSA) is 54.4 Å². The molecule has 1 N–H and O–H groups in total. The minimum absolute atomic E-state index is 0.216. The van der Waals surface area contributed by atoms with Gasteiger partial charge in [-0.05, 0) is 34.4 Å². The SMILES string of the molecule is O=CC1c2ccccc2-c2ccc(C(=O)O)cc21. The molecular formula is C15H10O3. The van der Waals surface area contributed by atoms with Gasteiger partial charge in [0.05, 0.1) is 11.5 Å². The van der Waals surface area contributed by atoms with Gasteiger partial charge in [-0.3, -0.25) is 0 Å². The molecule has 2 aromatic rings. The monoisotopic (exact) mass is 238 g/mol. The van der Waals surface area contributed by atoms with Gasteiger partial charge >= 0.3 is 5.97 Å². The summed E-state index contributed by atoms with van der Waals surface area (Å²) in [5.74, 6) is -1.33. The minimum atomic E-state index is -0.974. The molecule has 0 saturated carbocycles. The van der Waals surface area contributed by atoms with E-state index in [0.29, 0.717) is 0 Å². The molecule has 0 radical (unpaired) electrons. The van der Waals surface area contributed by atoms with E-state index in [9.17, 15) is 9.59 Å². The van der Waals surface area contributed by atoms with Crippen molar-refractivity contribution in [3.63, 3.8) is 0 Å². The first-order valence-corrected chi connectivity index (χ1v) is 5.64. The Morgan fingerprint density at radius 1 is 1.06 bits per heavy atom. The molecule has 0 bridgehead atoms. The first kappa shape index (κ1) is 10.7. The Hall–Kier alpha value is -2.42. The van der Waals surface area contributed by atoms with Gasteiger partial charge in [0.1, 0.15) is 6.29 Å². The molecule has 0 saturated heterocycles. The summed E-state index contributed by atoms with van der Waals surface area (Å²) in [4.78, 5) is 22.2. The van der Waals surface area contributed by atoms with Crippen LogP contribution in [0.5, 0.6) is 0 Å². The molecule has 1 aliphatic rings. The molecular weight excluding hydrogens is 228 g/mol. The van der Waals surface area contributed by atoms with Crippen molar-refractivity contribution >= 4 is 12.3 Å². The smallest absolute Gasteiger partial charge is 0.335 e. The van der Waals surface area contributed by atoms with E-state index in [1.165, 1.54) is 0 Å². The number of aldehydes is 1. The number of carbonyl (C=O) groups excluding carboxylic acids is 1. The molecule has 3 heteroatoms. The van der Waals surface area contributed by atoms with Gasteiger partial charge in [0, 0.05) is 0 Å². The zero-order chi connectivity index (χ0) is 12.7. The zero-order valence-corrected chi connectivity index (χ0v) is 9.46. The molecule has 1 unspecified atom stereocenters. The van der Waals surface area contributed by atoms with Crippen LogP contribution in [0.1, 0.15) is 27.4 Å². The highest BCUT2D eigenvalue weighted by molar-refractivity contribution is 5.93. The highest BCUT2D eigenvalue weighted by Crippen LogP contribution is 2.43. The summed E-state index contributed by atoms with van der Waals surface area (Å²) in [6, 6.07) is 12.6. The number of carboxylic acid groups (broad SMARTS) is 1. The van der Waals surface area contributed by atoms with Crippen LogP contribution in [0.25, 0.3) is 11.1 Å². The van der Waals surface area contributed by atoms with Crippen molar-refractivity contribution in [2.24, 2.45) is 0 Å². The molecule has 0 amide bonds. The fourth-order valence-corrected chi connectivity index (χ4v) is 2.53. The van der Waals surface area contributed by atoms with E-state index in [-0.39, 0.29) is 11.5 Å². The Morgan fingerprint density at radius 3 is 2.50 bits per heavy atom. The van der Waals surface area contributed by atoms with Crippen LogP contribution in [0, 0.1) is 0 Å². The number of aromatic carboxylic acids is 1. The molecule has 0 aromatic heterocycles. The second kappa shape index (κ2) is 3.81. The highest BCUT2D eigenvalue weighted by Gasteiger charge is 2.28. The molecule has 0 aliphatic heterocycles. The third kappa shape index (κ3) is 1.37. The van der Waals surface area contributed by atoms with Gasteiger partial charge in [0.15, 0.2) is 0 Å². The summed E-state index contributed by atoms with van der Waals surface area (Å²) in [5.41, 5.74) is 3.92. The van der Waals surface area contributed by atoms with Crippen molar-refractivity contribution in [2.75, 3.05) is 0 Å². The van der Waals surface area contributed by atoms with Crippen molar-refractivity contribution < 1.29 is 14.7 Å². The lowest BCUT2D eigenvalue weighted by molar-refractivity contribution is -0.108. The van der Waals surface area contributed by atoms with Crippen LogP contribution < -0.4 is 0 Å². The van der Waals surface area contributed by atoms with E-state index in [0.717, 1.165) is 28.5 Å². The predicted molar refractivity (Wildman–Crippen MR) is 66.7 cm³/mol. The molecule has 3 nitrogen and oxygen atoms in total. The van der Waals surface area contributed by atoms with Gasteiger partial charge in [-0.2, -0.15) is 0 Å². The lowest BCUT2D eigenvalue weighted by Gasteiger charge is -2.05. The highest BCUT2D eigenvalue weighted by atomic mass is 16.4. The average Bonchev–Trinajstić information content (AvgIpc) is 2.71. The van der Waals surface area contributed by atoms with Gasteiger partial charge in [0.25, 0.3) is 0 Å². The summed E-state index contributed by atoms with van der Waals surface area (Å²) < 4.78 is 0. The number of carbonyl (C=O) groups is 2. The maximum atomic E-state index is 11.3. The number of benzene rings is 2. The van der Waals surface area contributed by atoms with E-state index < -0.39 is 5.97 Å². The van der Waals surface area contributed by atoms with Crippen molar-refractivity contribution in [3.8, 4) is 11.1 Å². The van der Waals surface area contributed by atoms with E-state index in [1.54, 1.807) is 18.2 Å². The minimum Gasteiger partial charge on any atom is -0.478 e. The number of hydrogen-bond acceptors (Lipinski definition) is 2. The maximum absolute atomic E-state index is 11.3. The van der Waals surface area contributed by atoms with Crippen LogP contribution in [-0.2, 0) is 4.79 Å². The fraction of sp³-hybridized carbons (Fsp3) is 0.0667. The molecule has 1 aliphatic carbocycles. The van der Waals surface area contributed by atoms with E-state index in [4.69, 9.17) is 5.11 Å². The van der Waals surface area contributed by atoms with Crippen LogP contribution in [0.15, 0.2) is 42.5 Å². The number of rotatable bonds is 2. The predicted octanol–water partition coefficient (Wildman–Crippen LogP) is 2.70. The quantitative estimate of drug-likeness (QED) is 0.818. The lowest BCUT2D eigenvalue weighted by atomic mass is 9.97. The number of hydrogen-bond donors (Lipinski definition) is 1. The normalized spacial score (nSPS) is 15.9. The lowest BCUT2D eigenvalue weighted by Crippen LogP contribution is -2.01. The summed E-state index contributed by atoms with van der Waals surface area (Å²) in [5, 5.41) is 9.00. The number of carboxylic acids is 1. The second-order valence-electron chi connectivity index (χ2n) is 4.31. The molecule has 0 fully saturated rings. The first-order valence-electron chi connectivity index (χ1n) is 5.64. The fourth-order valence-electron chi connectivity index (χ4n) is 2.53. The first-order chi connectivity index (χ1) is 8.72. The standard InChI is InChI=1S/C15H10O3/c16-8-14-11-4-2-1-3-10(11)12-6-5-9(15(17)18)7-13(12)14/h1-8,14H,(H,17,18). The van der Waals surface area contributed by atoms with Crippen molar-refractivity contribution in [3.05, 3.63) is 59.2 Å². The van der Waals surface area contributed by atoms with E-state index >= 15 is 0 Å². The Labute approximate surface area is 104 Å². The summed E-state index contributed by atoms with van der Waals surface area (Å²) in [7, 11) is 0. The number of fused-ring (bicyclic) bond motifs is 3. The van der Waals surface area contributed by atoms with Crippen LogP contribution in [0.2, 0.25) is 0 Å². The Morgan fingerprint density at radius 2 is 1.78 bits per heavy atom. The van der Waals surface area contributed by atoms with Gasteiger partial charge in [-0.25, -0.2) is 4.79 Å². The Bertz CT molecular complexity index is 659. The largest absolute Gasteiger partial charge is 0.478 e. The molecule has 18 heavy (non-hydrogen) atoms. The van der Waals surface area contributed by atoms with E-state index in [2.05, 4.69) is 0 Å². The zero-order valence-electron chi connectivity index (χ0n) is 9.46. The van der Waals surface area contributed by atoms with Crippen molar-refractivity contribution in [1.82, 2.24) is 0 Å². The van der Waals surface area contributed by atoms with Crippen molar-refractivity contribution in [1.29, 1.82) is 0 Å². The van der Waals surface area contributed by atoms with Gasteiger partial charge in [-0.15, -0.1) is 0 Å². The van der Waals surface area contributed by atoms with Gasteiger partial charge in [0.2, 0.25) is 0 Å². The van der Waals surface area contributed by atoms with Gasteiger partial charge in [-0.1, -0.05) is 30.3 Å². The summed E-state index contributed by atoms with van der Waals surface area (Å²) in [6.07, 6.45) is 0.871. The molecule has 1 atom stereocenters. The Balaban J connectivity index is 2.27. The van der Waals surface area contributed by atoms with Crippen LogP contribution in [0.3, 0.4) is 0 Å². The van der Waals surface area contributed by atoms with Crippen LogP contribution >= 0.6 is 0 Å². The van der Waals surface area contributed by atoms with Crippen LogP contribution in [0.4, 0.5) is 0 Å². The molecule has 3 rings (SSSR count). The molecule has 2 aromatic carbocycles. The van der Waals surface area contributed by atoms with Gasteiger partial charge < -0.3 is 9.90 Å². The summed E-state index contributed by atoms with van der Waals surface area (Å²) in [6.45, 7) is 0. The maximum Gasteiger partial charge on any atom is 0.335 e. The average molecular weight is 238 g/mol. The third-order valence-corrected chi connectivity index (χ3v) is 3.36. The summed E-state index contributed by atoms with van der Waals surface area (Å²) >= 11 is 0. The molecule has 0 heterocycles. The van der Waals surface area contributed by atoms with E-state index in [1.807, 2.05) is 24.3 Å².